The highest BCUT2D eigenvalue weighted by atomic mass is 19.1. The number of benzene rings is 2. The summed E-state index contributed by atoms with van der Waals surface area (Å²) in [6.07, 6.45) is 1.53. The maximum absolute atomic E-state index is 14.7. The van der Waals surface area contributed by atoms with E-state index in [1.807, 2.05) is 48.2 Å². The maximum Gasteiger partial charge on any atom is 0.241 e. The number of ether oxygens (including phenoxy) is 1. The molecule has 1 amide bonds. The van der Waals surface area contributed by atoms with Crippen molar-refractivity contribution in [1.29, 1.82) is 0 Å². The van der Waals surface area contributed by atoms with Gasteiger partial charge in [-0.3, -0.25) is 10.1 Å². The predicted molar refractivity (Wildman–Crippen MR) is 108 cm³/mol. The van der Waals surface area contributed by atoms with E-state index >= 15 is 0 Å². The summed E-state index contributed by atoms with van der Waals surface area (Å²) in [7, 11) is 0. The van der Waals surface area contributed by atoms with E-state index in [4.69, 9.17) is 4.74 Å². The number of carbonyl (C=O) groups excluding carboxylic acids is 1. The Morgan fingerprint density at radius 2 is 2.00 bits per heavy atom. The number of nitrogens with zero attached hydrogens (tertiary/aromatic N) is 1. The van der Waals surface area contributed by atoms with E-state index in [-0.39, 0.29) is 23.8 Å². The number of nitrogens with one attached hydrogen (secondary N) is 2. The SMILES string of the molecule is CC(NC1CCc2ccccc2NC1=O)c1ccc(N2CCOCC2)c(F)c1. The molecule has 2 heterocycles. The Morgan fingerprint density at radius 1 is 1.21 bits per heavy atom. The normalized spacial score (nSPS) is 20.9. The van der Waals surface area contributed by atoms with Crippen molar-refractivity contribution in [2.24, 2.45) is 0 Å². The highest BCUT2D eigenvalue weighted by Crippen LogP contribution is 2.26. The molecule has 2 unspecified atom stereocenters. The van der Waals surface area contributed by atoms with Gasteiger partial charge >= 0.3 is 0 Å². The van der Waals surface area contributed by atoms with Gasteiger partial charge < -0.3 is 15.0 Å². The Balaban J connectivity index is 1.44. The third-order valence-electron chi connectivity index (χ3n) is 5.57. The minimum atomic E-state index is -0.315. The van der Waals surface area contributed by atoms with E-state index < -0.39 is 0 Å². The fourth-order valence-electron chi connectivity index (χ4n) is 3.92. The second kappa shape index (κ2) is 8.29. The van der Waals surface area contributed by atoms with Gasteiger partial charge in [0, 0.05) is 24.8 Å². The number of carbonyl (C=O) groups is 1. The third-order valence-corrected chi connectivity index (χ3v) is 5.57. The standard InChI is InChI=1S/C22H26FN3O2/c1-15(17-7-9-21(18(23)14-17)26-10-12-28-13-11-26)24-20-8-6-16-4-2-3-5-19(16)25-22(20)27/h2-5,7,9,14-15,20,24H,6,8,10-13H2,1H3,(H,25,27). The molecule has 0 bridgehead atoms. The molecule has 1 saturated heterocycles. The zero-order chi connectivity index (χ0) is 19.5. The van der Waals surface area contributed by atoms with Gasteiger partial charge in [-0.1, -0.05) is 24.3 Å². The van der Waals surface area contributed by atoms with Crippen molar-refractivity contribution in [3.8, 4) is 0 Å². The van der Waals surface area contributed by atoms with Gasteiger partial charge in [-0.2, -0.15) is 0 Å². The van der Waals surface area contributed by atoms with Gasteiger partial charge in [0.2, 0.25) is 5.91 Å². The first-order valence-electron chi connectivity index (χ1n) is 9.89. The number of hydrogen-bond donors (Lipinski definition) is 2. The van der Waals surface area contributed by atoms with Crippen LogP contribution in [0, 0.1) is 5.82 Å². The van der Waals surface area contributed by atoms with Crippen LogP contribution in [0.4, 0.5) is 15.8 Å². The van der Waals surface area contributed by atoms with Crippen LogP contribution in [0.1, 0.15) is 30.5 Å². The summed E-state index contributed by atoms with van der Waals surface area (Å²) in [4.78, 5) is 14.6. The molecule has 0 aromatic heterocycles. The largest absolute Gasteiger partial charge is 0.378 e. The molecule has 1 fully saturated rings. The lowest BCUT2D eigenvalue weighted by atomic mass is 10.0. The molecule has 5 nitrogen and oxygen atoms in total. The van der Waals surface area contributed by atoms with Crippen molar-refractivity contribution in [3.05, 3.63) is 59.4 Å². The molecule has 0 aliphatic carbocycles. The van der Waals surface area contributed by atoms with E-state index in [0.717, 1.165) is 23.2 Å². The zero-order valence-corrected chi connectivity index (χ0v) is 16.1. The first kappa shape index (κ1) is 18.9. The smallest absolute Gasteiger partial charge is 0.241 e. The Hall–Kier alpha value is -2.44. The Morgan fingerprint density at radius 3 is 2.79 bits per heavy atom. The molecule has 28 heavy (non-hydrogen) atoms. The number of para-hydroxylation sites is 1. The fourth-order valence-corrected chi connectivity index (χ4v) is 3.92. The quantitative estimate of drug-likeness (QED) is 0.851. The van der Waals surface area contributed by atoms with Gasteiger partial charge in [0.25, 0.3) is 0 Å². The Kier molecular flexibility index (Phi) is 5.59. The molecule has 4 rings (SSSR count). The monoisotopic (exact) mass is 383 g/mol. The lowest BCUT2D eigenvalue weighted by Crippen LogP contribution is -2.41. The average molecular weight is 383 g/mol. The summed E-state index contributed by atoms with van der Waals surface area (Å²) in [5.74, 6) is -0.270. The van der Waals surface area contributed by atoms with Crippen molar-refractivity contribution < 1.29 is 13.9 Å². The third kappa shape index (κ3) is 4.03. The van der Waals surface area contributed by atoms with Crippen LogP contribution in [-0.2, 0) is 16.0 Å². The number of hydrogen-bond acceptors (Lipinski definition) is 4. The van der Waals surface area contributed by atoms with E-state index in [9.17, 15) is 9.18 Å². The first-order valence-corrected chi connectivity index (χ1v) is 9.89. The van der Waals surface area contributed by atoms with Crippen LogP contribution in [-0.4, -0.2) is 38.3 Å². The van der Waals surface area contributed by atoms with Crippen molar-refractivity contribution in [3.63, 3.8) is 0 Å². The van der Waals surface area contributed by atoms with Crippen LogP contribution in [0.15, 0.2) is 42.5 Å². The Bertz CT molecular complexity index is 851. The van der Waals surface area contributed by atoms with E-state index in [0.29, 0.717) is 38.4 Å². The first-order chi connectivity index (χ1) is 13.6. The predicted octanol–water partition coefficient (Wildman–Crippen LogP) is 3.27. The van der Waals surface area contributed by atoms with E-state index in [2.05, 4.69) is 10.6 Å². The fraction of sp³-hybridized carbons (Fsp3) is 0.409. The van der Waals surface area contributed by atoms with E-state index in [1.165, 1.54) is 0 Å². The van der Waals surface area contributed by atoms with Gasteiger partial charge in [0.15, 0.2) is 0 Å². The number of fused-ring (bicyclic) bond motifs is 1. The number of rotatable bonds is 4. The van der Waals surface area contributed by atoms with Crippen molar-refractivity contribution in [2.45, 2.75) is 31.8 Å². The van der Waals surface area contributed by atoms with Gasteiger partial charge in [0.1, 0.15) is 5.82 Å². The Labute approximate surface area is 164 Å². The van der Waals surface area contributed by atoms with Gasteiger partial charge in [-0.15, -0.1) is 0 Å². The molecule has 2 aromatic rings. The van der Waals surface area contributed by atoms with Crippen LogP contribution in [0.25, 0.3) is 0 Å². The minimum Gasteiger partial charge on any atom is -0.378 e. The highest BCUT2D eigenvalue weighted by Gasteiger charge is 2.25. The molecule has 0 radical (unpaired) electrons. The molecule has 2 aromatic carbocycles. The molecule has 148 valence electrons. The minimum absolute atomic E-state index is 0.0396. The average Bonchev–Trinajstić information content (AvgIpc) is 2.87. The second-order valence-corrected chi connectivity index (χ2v) is 7.44. The molecular formula is C22H26FN3O2. The molecule has 0 saturated carbocycles. The summed E-state index contributed by atoms with van der Waals surface area (Å²) < 4.78 is 20.0. The van der Waals surface area contributed by atoms with Crippen molar-refractivity contribution >= 4 is 17.3 Å². The van der Waals surface area contributed by atoms with Crippen LogP contribution in [0.5, 0.6) is 0 Å². The summed E-state index contributed by atoms with van der Waals surface area (Å²) in [5.41, 5.74) is 3.48. The number of anilines is 2. The molecule has 6 heteroatoms. The summed E-state index contributed by atoms with van der Waals surface area (Å²) in [5, 5.41) is 6.37. The number of halogens is 1. The topological polar surface area (TPSA) is 53.6 Å². The van der Waals surface area contributed by atoms with Gasteiger partial charge in [0.05, 0.1) is 24.9 Å². The zero-order valence-electron chi connectivity index (χ0n) is 16.1. The molecular weight excluding hydrogens is 357 g/mol. The summed E-state index contributed by atoms with van der Waals surface area (Å²) in [6, 6.07) is 12.8. The molecule has 2 N–H and O–H groups in total. The van der Waals surface area contributed by atoms with E-state index in [1.54, 1.807) is 6.07 Å². The van der Waals surface area contributed by atoms with Crippen LogP contribution >= 0.6 is 0 Å². The molecule has 2 aliphatic rings. The summed E-state index contributed by atoms with van der Waals surface area (Å²) in [6.45, 7) is 4.62. The maximum atomic E-state index is 14.7. The lowest BCUT2D eigenvalue weighted by molar-refractivity contribution is -0.118. The lowest BCUT2D eigenvalue weighted by Gasteiger charge is -2.29. The highest BCUT2D eigenvalue weighted by molar-refractivity contribution is 5.96. The number of aryl methyl sites for hydroxylation is 1. The molecule has 2 aliphatic heterocycles. The van der Waals surface area contributed by atoms with Gasteiger partial charge in [-0.25, -0.2) is 4.39 Å². The van der Waals surface area contributed by atoms with Crippen LogP contribution in [0.3, 0.4) is 0 Å². The molecule has 2 atom stereocenters. The molecule has 0 spiro atoms. The van der Waals surface area contributed by atoms with Crippen LogP contribution in [0.2, 0.25) is 0 Å². The van der Waals surface area contributed by atoms with Gasteiger partial charge in [-0.05, 0) is 49.1 Å². The number of amides is 1. The summed E-state index contributed by atoms with van der Waals surface area (Å²) >= 11 is 0. The second-order valence-electron chi connectivity index (χ2n) is 7.44. The van der Waals surface area contributed by atoms with Crippen LogP contribution < -0.4 is 15.5 Å². The van der Waals surface area contributed by atoms with Crippen molar-refractivity contribution in [1.82, 2.24) is 5.32 Å². The van der Waals surface area contributed by atoms with Crippen molar-refractivity contribution in [2.75, 3.05) is 36.5 Å². The number of morpholine rings is 1.